The maximum absolute atomic E-state index is 12.8. The van der Waals surface area contributed by atoms with Crippen LogP contribution >= 0.6 is 0 Å². The Morgan fingerprint density at radius 2 is 1.41 bits per heavy atom. The van der Waals surface area contributed by atoms with Crippen molar-refractivity contribution in [2.75, 3.05) is 19.4 Å². The predicted molar refractivity (Wildman–Crippen MR) is 112 cm³/mol. The number of benzene rings is 3. The minimum atomic E-state index is -3.63. The number of carbonyl (C=O) groups excluding carboxylic acids is 2. The zero-order valence-corrected chi connectivity index (χ0v) is 16.8. The molecule has 0 heterocycles. The van der Waals surface area contributed by atoms with Crippen LogP contribution in [0, 0.1) is 0 Å². The van der Waals surface area contributed by atoms with Gasteiger partial charge in [-0.25, -0.2) is 12.7 Å². The molecule has 0 fully saturated rings. The smallest absolute Gasteiger partial charge is 0.256 e. The average Bonchev–Trinajstić information content (AvgIpc) is 2.74. The summed E-state index contributed by atoms with van der Waals surface area (Å²) in [7, 11) is -0.756. The van der Waals surface area contributed by atoms with Gasteiger partial charge >= 0.3 is 0 Å². The average molecular weight is 408 g/mol. The standard InChI is InChI=1S/C22H20N2O4S/c1-24(2)29(27,28)18-12-8-11-17(15-18)23-22(26)20-14-7-6-13-19(20)21(25)16-9-4-3-5-10-16/h3-15H,1-2H3,(H,23,26). The van der Waals surface area contributed by atoms with E-state index in [1.54, 1.807) is 60.7 Å². The molecular formula is C22H20N2O4S. The second-order valence-electron chi connectivity index (χ2n) is 6.51. The van der Waals surface area contributed by atoms with Crippen LogP contribution in [-0.2, 0) is 10.0 Å². The summed E-state index contributed by atoms with van der Waals surface area (Å²) in [4.78, 5) is 25.7. The first kappa shape index (κ1) is 20.4. The Hall–Kier alpha value is -3.29. The summed E-state index contributed by atoms with van der Waals surface area (Å²) in [5, 5.41) is 2.68. The molecule has 3 aromatic rings. The minimum Gasteiger partial charge on any atom is -0.322 e. The predicted octanol–water partition coefficient (Wildman–Crippen LogP) is 3.42. The molecule has 0 aliphatic carbocycles. The summed E-state index contributed by atoms with van der Waals surface area (Å²) in [6, 6.07) is 21.2. The third kappa shape index (κ3) is 4.42. The van der Waals surface area contributed by atoms with Crippen LogP contribution in [0.25, 0.3) is 0 Å². The van der Waals surface area contributed by atoms with Crippen LogP contribution in [0.2, 0.25) is 0 Å². The number of rotatable bonds is 6. The van der Waals surface area contributed by atoms with Crippen LogP contribution in [0.15, 0.2) is 83.8 Å². The third-order valence-corrected chi connectivity index (χ3v) is 6.13. The quantitative estimate of drug-likeness (QED) is 0.634. The molecule has 0 aromatic heterocycles. The molecule has 0 unspecified atom stereocenters. The van der Waals surface area contributed by atoms with Crippen molar-refractivity contribution in [2.45, 2.75) is 4.90 Å². The maximum atomic E-state index is 12.8. The van der Waals surface area contributed by atoms with Crippen LogP contribution in [0.5, 0.6) is 0 Å². The molecule has 0 aliphatic heterocycles. The Bertz CT molecular complexity index is 1160. The highest BCUT2D eigenvalue weighted by atomic mass is 32.2. The van der Waals surface area contributed by atoms with Crippen LogP contribution < -0.4 is 5.32 Å². The largest absolute Gasteiger partial charge is 0.322 e. The van der Waals surface area contributed by atoms with Gasteiger partial charge in [0.2, 0.25) is 10.0 Å². The van der Waals surface area contributed by atoms with Crippen molar-refractivity contribution in [1.29, 1.82) is 0 Å². The van der Waals surface area contributed by atoms with Gasteiger partial charge in [-0.3, -0.25) is 9.59 Å². The van der Waals surface area contributed by atoms with E-state index in [-0.39, 0.29) is 21.8 Å². The molecule has 0 spiro atoms. The van der Waals surface area contributed by atoms with Gasteiger partial charge in [0.15, 0.2) is 5.78 Å². The molecule has 0 bridgehead atoms. The van der Waals surface area contributed by atoms with Crippen molar-refractivity contribution in [3.63, 3.8) is 0 Å². The number of nitrogens with one attached hydrogen (secondary N) is 1. The van der Waals surface area contributed by atoms with E-state index in [0.717, 1.165) is 4.31 Å². The lowest BCUT2D eigenvalue weighted by molar-refractivity contribution is 0.0996. The van der Waals surface area contributed by atoms with Crippen molar-refractivity contribution >= 4 is 27.4 Å². The van der Waals surface area contributed by atoms with Crippen molar-refractivity contribution in [2.24, 2.45) is 0 Å². The lowest BCUT2D eigenvalue weighted by Crippen LogP contribution is -2.22. The Labute approximate surface area is 169 Å². The van der Waals surface area contributed by atoms with Crippen LogP contribution in [-0.4, -0.2) is 38.5 Å². The summed E-state index contributed by atoms with van der Waals surface area (Å²) >= 11 is 0. The molecule has 1 amide bonds. The zero-order valence-electron chi connectivity index (χ0n) is 16.0. The van der Waals surface area contributed by atoms with Crippen molar-refractivity contribution in [3.8, 4) is 0 Å². The van der Waals surface area contributed by atoms with E-state index in [4.69, 9.17) is 0 Å². The van der Waals surface area contributed by atoms with Gasteiger partial charge in [-0.2, -0.15) is 0 Å². The van der Waals surface area contributed by atoms with Crippen LogP contribution in [0.3, 0.4) is 0 Å². The molecule has 0 radical (unpaired) electrons. The zero-order chi connectivity index (χ0) is 21.0. The Morgan fingerprint density at radius 1 is 0.793 bits per heavy atom. The molecule has 0 aliphatic rings. The van der Waals surface area contributed by atoms with Gasteiger partial charge in [0.25, 0.3) is 5.91 Å². The van der Waals surface area contributed by atoms with Crippen molar-refractivity contribution in [1.82, 2.24) is 4.31 Å². The summed E-state index contributed by atoms with van der Waals surface area (Å²) < 4.78 is 25.7. The summed E-state index contributed by atoms with van der Waals surface area (Å²) in [5.74, 6) is -0.760. The molecule has 6 nitrogen and oxygen atoms in total. The maximum Gasteiger partial charge on any atom is 0.256 e. The molecule has 3 aromatic carbocycles. The molecule has 1 N–H and O–H groups in total. The number of nitrogens with zero attached hydrogens (tertiary/aromatic N) is 1. The number of sulfonamides is 1. The van der Waals surface area contributed by atoms with Gasteiger partial charge in [-0.05, 0) is 24.3 Å². The first-order valence-corrected chi connectivity index (χ1v) is 10.3. The molecule has 3 rings (SSSR count). The topological polar surface area (TPSA) is 83.6 Å². The lowest BCUT2D eigenvalue weighted by Gasteiger charge is -2.13. The van der Waals surface area contributed by atoms with E-state index in [1.807, 2.05) is 6.07 Å². The highest BCUT2D eigenvalue weighted by molar-refractivity contribution is 7.89. The van der Waals surface area contributed by atoms with Gasteiger partial charge < -0.3 is 5.32 Å². The number of amides is 1. The number of hydrogen-bond acceptors (Lipinski definition) is 4. The number of ketones is 1. The van der Waals surface area contributed by atoms with Crippen LogP contribution in [0.1, 0.15) is 26.3 Å². The van der Waals surface area contributed by atoms with E-state index in [1.165, 1.54) is 26.2 Å². The van der Waals surface area contributed by atoms with E-state index < -0.39 is 15.9 Å². The molecule has 7 heteroatoms. The van der Waals surface area contributed by atoms with E-state index in [9.17, 15) is 18.0 Å². The molecule has 0 saturated carbocycles. The van der Waals surface area contributed by atoms with E-state index in [2.05, 4.69) is 5.32 Å². The van der Waals surface area contributed by atoms with Gasteiger partial charge in [0.1, 0.15) is 0 Å². The first-order valence-electron chi connectivity index (χ1n) is 8.83. The SMILES string of the molecule is CN(C)S(=O)(=O)c1cccc(NC(=O)c2ccccc2C(=O)c2ccccc2)c1. The Kier molecular flexibility index (Phi) is 5.91. The van der Waals surface area contributed by atoms with E-state index in [0.29, 0.717) is 11.3 Å². The Balaban J connectivity index is 1.91. The summed E-state index contributed by atoms with van der Waals surface area (Å²) in [6.07, 6.45) is 0. The normalized spacial score (nSPS) is 11.3. The van der Waals surface area contributed by atoms with Crippen molar-refractivity contribution < 1.29 is 18.0 Å². The monoisotopic (exact) mass is 408 g/mol. The fourth-order valence-electron chi connectivity index (χ4n) is 2.77. The highest BCUT2D eigenvalue weighted by Gasteiger charge is 2.20. The number of anilines is 1. The van der Waals surface area contributed by atoms with Gasteiger partial charge in [-0.1, -0.05) is 54.6 Å². The second kappa shape index (κ2) is 8.38. The van der Waals surface area contributed by atoms with Gasteiger partial charge in [0.05, 0.1) is 10.5 Å². The third-order valence-electron chi connectivity index (χ3n) is 4.32. The molecular weight excluding hydrogens is 388 g/mol. The fraction of sp³-hybridized carbons (Fsp3) is 0.0909. The van der Waals surface area contributed by atoms with E-state index >= 15 is 0 Å². The first-order chi connectivity index (χ1) is 13.8. The van der Waals surface area contributed by atoms with Gasteiger partial charge in [-0.15, -0.1) is 0 Å². The van der Waals surface area contributed by atoms with Gasteiger partial charge in [0, 0.05) is 30.9 Å². The highest BCUT2D eigenvalue weighted by Crippen LogP contribution is 2.20. The molecule has 0 saturated heterocycles. The summed E-state index contributed by atoms with van der Waals surface area (Å²) in [5.41, 5.74) is 1.28. The fourth-order valence-corrected chi connectivity index (χ4v) is 3.72. The number of hydrogen-bond donors (Lipinski definition) is 1. The molecule has 29 heavy (non-hydrogen) atoms. The number of carbonyl (C=O) groups is 2. The molecule has 148 valence electrons. The summed E-state index contributed by atoms with van der Waals surface area (Å²) in [6.45, 7) is 0. The lowest BCUT2D eigenvalue weighted by atomic mass is 9.98. The Morgan fingerprint density at radius 3 is 2.07 bits per heavy atom. The van der Waals surface area contributed by atoms with Crippen molar-refractivity contribution in [3.05, 3.63) is 95.6 Å². The second-order valence-corrected chi connectivity index (χ2v) is 8.66. The van der Waals surface area contributed by atoms with Crippen LogP contribution in [0.4, 0.5) is 5.69 Å². The molecule has 0 atom stereocenters. The minimum absolute atomic E-state index is 0.0638.